The Morgan fingerprint density at radius 1 is 0.286 bits per heavy atom. The van der Waals surface area contributed by atoms with Gasteiger partial charge in [-0.05, 0) is 167 Å². The third-order valence-electron chi connectivity index (χ3n) is 14.9. The summed E-state index contributed by atoms with van der Waals surface area (Å²) >= 11 is 0. The Bertz CT molecular complexity index is 3260. The van der Waals surface area contributed by atoms with Crippen LogP contribution in [0, 0.1) is 13.8 Å². The third kappa shape index (κ3) is 5.61. The molecule has 13 rings (SSSR count). The molecule has 3 aliphatic carbocycles. The van der Waals surface area contributed by atoms with Crippen molar-refractivity contribution in [3.63, 3.8) is 0 Å². The minimum absolute atomic E-state index is 0.0582. The Morgan fingerprint density at radius 2 is 0.667 bits per heavy atom. The van der Waals surface area contributed by atoms with Gasteiger partial charge in [0.25, 0.3) is 0 Å². The van der Waals surface area contributed by atoms with Crippen LogP contribution in [0.15, 0.2) is 194 Å². The quantitative estimate of drug-likeness (QED) is 0.147. The molecule has 0 heteroatoms. The topological polar surface area (TPSA) is 0 Å². The highest BCUT2D eigenvalue weighted by Gasteiger charge is 2.33. The van der Waals surface area contributed by atoms with Gasteiger partial charge in [-0.2, -0.15) is 0 Å². The second-order valence-electron chi connectivity index (χ2n) is 18.4. The second kappa shape index (κ2) is 14.1. The first-order valence-corrected chi connectivity index (χ1v) is 22.7. The van der Waals surface area contributed by atoms with E-state index in [0.717, 1.165) is 19.3 Å². The average molecular weight is 803 g/mol. The fourth-order valence-electron chi connectivity index (χ4n) is 11.9. The lowest BCUT2D eigenvalue weighted by Crippen LogP contribution is -2.09. The van der Waals surface area contributed by atoms with E-state index in [1.807, 2.05) is 0 Å². The SMILES string of the molecule is Cc1ccc(C(c2cccc3c2Cc2ccccc2-3)c2cc3c(c4ccccc24)Cc2c-3cc(C(c3ccc(C)cc3)c3cccc4c3Cc3ccccc3-4)c3ccccc23)cc1. The van der Waals surface area contributed by atoms with Gasteiger partial charge < -0.3 is 0 Å². The standard InChI is InChI=1S/C63H46/c1-38-25-29-40(30-26-38)62(52-23-11-21-46-44-15-5-3-13-42(44)33-54(46)52)60-36-58-56(48-17-7-9-19-50(48)60)35-57-49-18-8-10-20-51(49)61(37-59(57)58)63(41-31-27-39(2)28-32-41)53-24-12-22-47-45-16-6-4-14-43(45)34-55(47)53/h3-32,36-37,62-63H,33-35H2,1-2H3. The van der Waals surface area contributed by atoms with Crippen LogP contribution in [0.3, 0.4) is 0 Å². The van der Waals surface area contributed by atoms with Gasteiger partial charge in [0.2, 0.25) is 0 Å². The van der Waals surface area contributed by atoms with Crippen LogP contribution in [0.4, 0.5) is 0 Å². The summed E-state index contributed by atoms with van der Waals surface area (Å²) in [4.78, 5) is 0. The van der Waals surface area contributed by atoms with Crippen LogP contribution in [0.1, 0.15) is 89.7 Å². The number of hydrogen-bond acceptors (Lipinski definition) is 0. The summed E-state index contributed by atoms with van der Waals surface area (Å²) in [5.41, 5.74) is 27.8. The minimum Gasteiger partial charge on any atom is -0.0619 e. The number of hydrogen-bond donors (Lipinski definition) is 0. The molecule has 10 aromatic rings. The summed E-state index contributed by atoms with van der Waals surface area (Å²) in [5, 5.41) is 5.44. The zero-order valence-electron chi connectivity index (χ0n) is 35.8. The van der Waals surface area contributed by atoms with Crippen molar-refractivity contribution < 1.29 is 0 Å². The van der Waals surface area contributed by atoms with Gasteiger partial charge in [-0.15, -0.1) is 0 Å². The van der Waals surface area contributed by atoms with E-state index in [-0.39, 0.29) is 11.8 Å². The first kappa shape index (κ1) is 36.4. The molecule has 0 N–H and O–H groups in total. The summed E-state index contributed by atoms with van der Waals surface area (Å²) in [6.45, 7) is 4.40. The lowest BCUT2D eigenvalue weighted by Gasteiger charge is -2.26. The molecule has 63 heavy (non-hydrogen) atoms. The molecule has 0 nitrogen and oxygen atoms in total. The average Bonchev–Trinajstić information content (AvgIpc) is 4.03. The fraction of sp³-hybridized carbons (Fsp3) is 0.111. The molecule has 10 aromatic carbocycles. The monoisotopic (exact) mass is 802 g/mol. The maximum atomic E-state index is 2.62. The molecule has 0 fully saturated rings. The molecule has 0 saturated heterocycles. The molecule has 0 aliphatic heterocycles. The molecular formula is C63H46. The molecule has 0 spiro atoms. The van der Waals surface area contributed by atoms with Gasteiger partial charge in [-0.3, -0.25) is 0 Å². The van der Waals surface area contributed by atoms with E-state index in [4.69, 9.17) is 0 Å². The zero-order chi connectivity index (χ0) is 41.8. The Kier molecular flexibility index (Phi) is 8.16. The highest BCUT2D eigenvalue weighted by molar-refractivity contribution is 6.04. The number of benzene rings is 10. The summed E-state index contributed by atoms with van der Waals surface area (Å²) in [5.74, 6) is 0.116. The Balaban J connectivity index is 1.07. The molecule has 2 unspecified atom stereocenters. The Morgan fingerprint density at radius 3 is 1.11 bits per heavy atom. The van der Waals surface area contributed by atoms with Crippen LogP contribution in [-0.2, 0) is 19.3 Å². The van der Waals surface area contributed by atoms with E-state index in [1.165, 1.54) is 133 Å². The predicted molar refractivity (Wildman–Crippen MR) is 263 cm³/mol. The van der Waals surface area contributed by atoms with Crippen LogP contribution < -0.4 is 0 Å². The highest BCUT2D eigenvalue weighted by Crippen LogP contribution is 2.52. The van der Waals surface area contributed by atoms with Crippen LogP contribution >= 0.6 is 0 Å². The summed E-state index contributed by atoms with van der Waals surface area (Å²) in [6, 6.07) is 74.6. The number of rotatable bonds is 6. The van der Waals surface area contributed by atoms with Crippen LogP contribution in [0.25, 0.3) is 54.9 Å². The maximum absolute atomic E-state index is 2.62. The molecule has 0 amide bonds. The van der Waals surface area contributed by atoms with Gasteiger partial charge in [0.15, 0.2) is 0 Å². The number of fused-ring (bicyclic) bond motifs is 13. The minimum atomic E-state index is 0.0582. The smallest absolute Gasteiger partial charge is 0.0349 e. The Hall–Kier alpha value is -7.28. The maximum Gasteiger partial charge on any atom is 0.0349 e. The van der Waals surface area contributed by atoms with Crippen molar-refractivity contribution in [3.8, 4) is 33.4 Å². The molecule has 0 radical (unpaired) electrons. The molecule has 2 atom stereocenters. The van der Waals surface area contributed by atoms with E-state index in [2.05, 4.69) is 208 Å². The summed E-state index contributed by atoms with van der Waals surface area (Å²) in [7, 11) is 0. The van der Waals surface area contributed by atoms with Crippen molar-refractivity contribution in [1.82, 2.24) is 0 Å². The second-order valence-corrected chi connectivity index (χ2v) is 18.4. The van der Waals surface area contributed by atoms with Gasteiger partial charge in [0.05, 0.1) is 0 Å². The van der Waals surface area contributed by atoms with Crippen LogP contribution in [-0.4, -0.2) is 0 Å². The predicted octanol–water partition coefficient (Wildman–Crippen LogP) is 15.7. The molecule has 0 bridgehead atoms. The molecule has 0 aromatic heterocycles. The van der Waals surface area contributed by atoms with Gasteiger partial charge in [-0.25, -0.2) is 0 Å². The lowest BCUT2D eigenvalue weighted by atomic mass is 9.77. The van der Waals surface area contributed by atoms with Gasteiger partial charge in [0, 0.05) is 11.8 Å². The van der Waals surface area contributed by atoms with E-state index in [9.17, 15) is 0 Å². The molecule has 0 saturated carbocycles. The van der Waals surface area contributed by atoms with Crippen molar-refractivity contribution in [1.29, 1.82) is 0 Å². The molecular weight excluding hydrogens is 757 g/mol. The van der Waals surface area contributed by atoms with Crippen LogP contribution in [0.2, 0.25) is 0 Å². The van der Waals surface area contributed by atoms with Crippen molar-refractivity contribution >= 4 is 21.5 Å². The first-order chi connectivity index (χ1) is 31.1. The zero-order valence-corrected chi connectivity index (χ0v) is 35.8. The van der Waals surface area contributed by atoms with Crippen LogP contribution in [0.5, 0.6) is 0 Å². The van der Waals surface area contributed by atoms with Gasteiger partial charge >= 0.3 is 0 Å². The van der Waals surface area contributed by atoms with Gasteiger partial charge in [-0.1, -0.05) is 193 Å². The third-order valence-corrected chi connectivity index (χ3v) is 14.9. The largest absolute Gasteiger partial charge is 0.0619 e. The summed E-state index contributed by atoms with van der Waals surface area (Å²) < 4.78 is 0. The highest BCUT2D eigenvalue weighted by atomic mass is 14.4. The van der Waals surface area contributed by atoms with E-state index < -0.39 is 0 Å². The normalized spacial score (nSPS) is 13.9. The molecule has 3 aliphatic rings. The van der Waals surface area contributed by atoms with Crippen molar-refractivity contribution in [2.75, 3.05) is 0 Å². The van der Waals surface area contributed by atoms with E-state index >= 15 is 0 Å². The summed E-state index contributed by atoms with van der Waals surface area (Å²) in [6.07, 6.45) is 2.84. The first-order valence-electron chi connectivity index (χ1n) is 22.7. The lowest BCUT2D eigenvalue weighted by molar-refractivity contribution is 0.962. The van der Waals surface area contributed by atoms with Crippen molar-refractivity contribution in [2.45, 2.75) is 44.9 Å². The van der Waals surface area contributed by atoms with Gasteiger partial charge in [0.1, 0.15) is 0 Å². The van der Waals surface area contributed by atoms with E-state index in [1.54, 1.807) is 0 Å². The van der Waals surface area contributed by atoms with E-state index in [0.29, 0.717) is 0 Å². The molecule has 298 valence electrons. The molecule has 0 heterocycles. The fourth-order valence-corrected chi connectivity index (χ4v) is 11.9. The van der Waals surface area contributed by atoms with Crippen molar-refractivity contribution in [3.05, 3.63) is 272 Å². The Labute approximate surface area is 370 Å². The van der Waals surface area contributed by atoms with Crippen molar-refractivity contribution in [2.24, 2.45) is 0 Å². The number of aryl methyl sites for hydroxylation is 2.